The monoisotopic (exact) mass is 441 g/mol. The zero-order valence-corrected chi connectivity index (χ0v) is 16.7. The van der Waals surface area contributed by atoms with Gasteiger partial charge >= 0.3 is 12.1 Å². The Bertz CT molecular complexity index is 961. The van der Waals surface area contributed by atoms with Crippen molar-refractivity contribution in [2.45, 2.75) is 38.0 Å². The Balaban J connectivity index is 0.000000423. The van der Waals surface area contributed by atoms with Gasteiger partial charge in [-0.25, -0.2) is 4.79 Å². The minimum atomic E-state index is -5.08. The molecule has 0 saturated carbocycles. The predicted molar refractivity (Wildman–Crippen MR) is 104 cm³/mol. The lowest BCUT2D eigenvalue weighted by atomic mass is 9.91. The van der Waals surface area contributed by atoms with E-state index in [-0.39, 0.29) is 24.1 Å². The third kappa shape index (κ3) is 7.21. The number of pyridine rings is 2. The molecule has 1 atom stereocenters. The van der Waals surface area contributed by atoms with Crippen molar-refractivity contribution in [3.8, 4) is 0 Å². The minimum Gasteiger partial charge on any atom is -0.475 e. The van der Waals surface area contributed by atoms with Crippen LogP contribution in [0.4, 0.5) is 13.2 Å². The number of hydrogen-bond donors (Lipinski definition) is 2. The second-order valence-corrected chi connectivity index (χ2v) is 6.83. The molecule has 0 aromatic carbocycles. The summed E-state index contributed by atoms with van der Waals surface area (Å²) < 4.78 is 38.4. The Morgan fingerprint density at radius 1 is 1.26 bits per heavy atom. The number of amides is 1. The van der Waals surface area contributed by atoms with Crippen molar-refractivity contribution in [3.05, 3.63) is 63.8 Å². The predicted octanol–water partition coefficient (Wildman–Crippen LogP) is 1.54. The summed E-state index contributed by atoms with van der Waals surface area (Å²) in [5.74, 6) is -2.86. The van der Waals surface area contributed by atoms with E-state index in [2.05, 4.69) is 10.3 Å². The number of fused-ring (bicyclic) bond motifs is 1. The molecule has 2 N–H and O–H groups in total. The van der Waals surface area contributed by atoms with E-state index >= 15 is 0 Å². The number of methoxy groups -OCH3 is 1. The average Bonchev–Trinajstić information content (AvgIpc) is 2.71. The zero-order valence-electron chi connectivity index (χ0n) is 16.7. The largest absolute Gasteiger partial charge is 0.490 e. The molecular formula is C20H22F3N3O5. The van der Waals surface area contributed by atoms with Gasteiger partial charge in [0.2, 0.25) is 5.91 Å². The first-order chi connectivity index (χ1) is 14.6. The second kappa shape index (κ2) is 10.7. The van der Waals surface area contributed by atoms with Crippen LogP contribution in [0.1, 0.15) is 23.2 Å². The van der Waals surface area contributed by atoms with Crippen molar-refractivity contribution in [2.24, 2.45) is 0 Å². The number of nitrogens with zero attached hydrogens (tertiary/aromatic N) is 2. The maximum Gasteiger partial charge on any atom is 0.490 e. The molecule has 0 radical (unpaired) electrons. The highest BCUT2D eigenvalue weighted by atomic mass is 19.4. The van der Waals surface area contributed by atoms with Crippen LogP contribution in [0.15, 0.2) is 41.5 Å². The van der Waals surface area contributed by atoms with Crippen LogP contribution in [0, 0.1) is 0 Å². The number of carbonyl (C=O) groups is 2. The van der Waals surface area contributed by atoms with Crippen LogP contribution in [0.5, 0.6) is 0 Å². The Hall–Kier alpha value is -3.21. The van der Waals surface area contributed by atoms with Gasteiger partial charge in [-0.2, -0.15) is 13.2 Å². The number of halogens is 3. The first-order valence-electron chi connectivity index (χ1n) is 9.30. The van der Waals surface area contributed by atoms with Crippen molar-refractivity contribution in [2.75, 3.05) is 13.7 Å². The molecule has 1 aliphatic rings. The Morgan fingerprint density at radius 3 is 2.48 bits per heavy atom. The van der Waals surface area contributed by atoms with Gasteiger partial charge in [-0.3, -0.25) is 14.6 Å². The van der Waals surface area contributed by atoms with Gasteiger partial charge in [-0.1, -0.05) is 6.07 Å². The number of rotatable bonds is 5. The van der Waals surface area contributed by atoms with Gasteiger partial charge in [0.15, 0.2) is 0 Å². The summed E-state index contributed by atoms with van der Waals surface area (Å²) in [5.41, 5.74) is 3.25. The van der Waals surface area contributed by atoms with E-state index in [4.69, 9.17) is 14.6 Å². The fourth-order valence-electron chi connectivity index (χ4n) is 3.19. The standard InChI is InChI=1S/C18H21N3O3.C2HF3O2/c1-24-12-17(22)20-15-3-4-16-14(10-15)2-5-18(23)21(16)11-13-6-8-19-9-7-13;3-2(4,5)1(6)7/h2,5-9,15H,3-4,10-12H2,1H3,(H,20,22);(H,6,7). The van der Waals surface area contributed by atoms with E-state index in [0.29, 0.717) is 6.54 Å². The SMILES string of the molecule is COCC(=O)NC1CCc2c(ccc(=O)n2Cc2ccncc2)C1.O=C(O)C(F)(F)F. The highest BCUT2D eigenvalue weighted by Gasteiger charge is 2.38. The van der Waals surface area contributed by atoms with Crippen LogP contribution < -0.4 is 10.9 Å². The minimum absolute atomic E-state index is 0.00688. The van der Waals surface area contributed by atoms with Gasteiger partial charge in [-0.05, 0) is 42.5 Å². The van der Waals surface area contributed by atoms with Gasteiger partial charge in [-0.15, -0.1) is 0 Å². The summed E-state index contributed by atoms with van der Waals surface area (Å²) in [6.07, 6.45) is 0.715. The zero-order chi connectivity index (χ0) is 23.0. The van der Waals surface area contributed by atoms with Gasteiger partial charge in [0.25, 0.3) is 5.56 Å². The topological polar surface area (TPSA) is 111 Å². The maximum atomic E-state index is 12.3. The highest BCUT2D eigenvalue weighted by molar-refractivity contribution is 5.77. The van der Waals surface area contributed by atoms with E-state index in [1.54, 1.807) is 18.5 Å². The lowest BCUT2D eigenvalue weighted by Crippen LogP contribution is -2.42. The molecular weight excluding hydrogens is 419 g/mol. The molecule has 0 spiro atoms. The molecule has 31 heavy (non-hydrogen) atoms. The summed E-state index contributed by atoms with van der Waals surface area (Å²) in [6.45, 7) is 0.621. The number of carboxylic acid groups (broad SMARTS) is 1. The first kappa shape index (κ1) is 24.1. The molecule has 3 rings (SSSR count). The quantitative estimate of drug-likeness (QED) is 0.729. The highest BCUT2D eigenvalue weighted by Crippen LogP contribution is 2.21. The average molecular weight is 441 g/mol. The number of nitrogens with one attached hydrogen (secondary N) is 1. The number of hydrogen-bond acceptors (Lipinski definition) is 5. The molecule has 168 valence electrons. The third-order valence-corrected chi connectivity index (χ3v) is 4.56. The Kier molecular flexibility index (Phi) is 8.31. The molecule has 0 fully saturated rings. The second-order valence-electron chi connectivity index (χ2n) is 6.83. The summed E-state index contributed by atoms with van der Waals surface area (Å²) in [4.78, 5) is 36.9. The molecule has 2 heterocycles. The van der Waals surface area contributed by atoms with Crippen LogP contribution in [-0.4, -0.2) is 52.5 Å². The normalized spacial score (nSPS) is 15.3. The lowest BCUT2D eigenvalue weighted by molar-refractivity contribution is -0.192. The molecule has 11 heteroatoms. The molecule has 8 nitrogen and oxygen atoms in total. The molecule has 1 amide bonds. The van der Waals surface area contributed by atoms with E-state index in [9.17, 15) is 22.8 Å². The van der Waals surface area contributed by atoms with Crippen molar-refractivity contribution in [1.29, 1.82) is 0 Å². The molecule has 2 aromatic heterocycles. The number of alkyl halides is 3. The molecule has 0 aliphatic heterocycles. The molecule has 2 aromatic rings. The fraction of sp³-hybridized carbons (Fsp3) is 0.400. The van der Waals surface area contributed by atoms with Gasteiger partial charge in [0.1, 0.15) is 6.61 Å². The van der Waals surface area contributed by atoms with E-state index in [1.807, 2.05) is 22.8 Å². The number of aromatic nitrogens is 2. The number of carbonyl (C=O) groups excluding carboxylic acids is 1. The summed E-state index contributed by atoms with van der Waals surface area (Å²) >= 11 is 0. The van der Waals surface area contributed by atoms with E-state index in [1.165, 1.54) is 7.11 Å². The van der Waals surface area contributed by atoms with Gasteiger partial charge < -0.3 is 19.7 Å². The van der Waals surface area contributed by atoms with E-state index in [0.717, 1.165) is 36.1 Å². The fourth-order valence-corrected chi connectivity index (χ4v) is 3.19. The number of aliphatic carboxylic acids is 1. The summed E-state index contributed by atoms with van der Waals surface area (Å²) in [5, 5.41) is 10.1. The van der Waals surface area contributed by atoms with Crippen LogP contribution in [0.3, 0.4) is 0 Å². The number of carboxylic acids is 1. The smallest absolute Gasteiger partial charge is 0.475 e. The first-order valence-corrected chi connectivity index (χ1v) is 9.30. The van der Waals surface area contributed by atoms with E-state index < -0.39 is 12.1 Å². The summed E-state index contributed by atoms with van der Waals surface area (Å²) in [6, 6.07) is 7.42. The lowest BCUT2D eigenvalue weighted by Gasteiger charge is -2.27. The Morgan fingerprint density at radius 2 is 1.90 bits per heavy atom. The molecule has 0 bridgehead atoms. The van der Waals surface area contributed by atoms with Gasteiger partial charge in [0, 0.05) is 37.3 Å². The molecule has 1 aliphatic carbocycles. The molecule has 1 unspecified atom stereocenters. The van der Waals surface area contributed by atoms with Crippen molar-refractivity contribution >= 4 is 11.9 Å². The van der Waals surface area contributed by atoms with Crippen molar-refractivity contribution in [1.82, 2.24) is 14.9 Å². The molecule has 0 saturated heterocycles. The van der Waals surface area contributed by atoms with Crippen LogP contribution in [0.25, 0.3) is 0 Å². The van der Waals surface area contributed by atoms with Crippen molar-refractivity contribution < 1.29 is 32.6 Å². The van der Waals surface area contributed by atoms with Crippen LogP contribution in [-0.2, 0) is 33.7 Å². The Labute approximate surface area is 175 Å². The summed E-state index contributed by atoms with van der Waals surface area (Å²) in [7, 11) is 1.51. The van der Waals surface area contributed by atoms with Crippen LogP contribution >= 0.6 is 0 Å². The third-order valence-electron chi connectivity index (χ3n) is 4.56. The maximum absolute atomic E-state index is 12.3. The van der Waals surface area contributed by atoms with Crippen molar-refractivity contribution in [3.63, 3.8) is 0 Å². The van der Waals surface area contributed by atoms with Gasteiger partial charge in [0.05, 0.1) is 6.54 Å². The van der Waals surface area contributed by atoms with Crippen LogP contribution in [0.2, 0.25) is 0 Å². The number of ether oxygens (including phenoxy) is 1.